The van der Waals surface area contributed by atoms with Gasteiger partial charge in [0.1, 0.15) is 5.75 Å². The SMILES string of the molecule is CCOc1ccccc1C(=O)NCC(=O)N(CC)CCC(=O)O. The van der Waals surface area contributed by atoms with E-state index in [2.05, 4.69) is 5.32 Å². The molecule has 0 atom stereocenters. The first-order valence-corrected chi connectivity index (χ1v) is 7.49. The number of carboxylic acids is 1. The van der Waals surface area contributed by atoms with Crippen molar-refractivity contribution in [3.05, 3.63) is 29.8 Å². The first-order valence-electron chi connectivity index (χ1n) is 7.49. The fraction of sp³-hybridized carbons (Fsp3) is 0.438. The van der Waals surface area contributed by atoms with E-state index in [1.165, 1.54) is 4.90 Å². The van der Waals surface area contributed by atoms with E-state index >= 15 is 0 Å². The maximum Gasteiger partial charge on any atom is 0.305 e. The van der Waals surface area contributed by atoms with Crippen molar-refractivity contribution in [2.75, 3.05) is 26.2 Å². The van der Waals surface area contributed by atoms with E-state index in [1.807, 2.05) is 6.92 Å². The Morgan fingerprint density at radius 3 is 2.52 bits per heavy atom. The summed E-state index contributed by atoms with van der Waals surface area (Å²) in [5, 5.41) is 11.2. The topological polar surface area (TPSA) is 95.9 Å². The van der Waals surface area contributed by atoms with Crippen LogP contribution in [0.2, 0.25) is 0 Å². The predicted octanol–water partition coefficient (Wildman–Crippen LogP) is 1.14. The average molecular weight is 322 g/mol. The quantitative estimate of drug-likeness (QED) is 0.711. The summed E-state index contributed by atoms with van der Waals surface area (Å²) in [6.07, 6.45) is -0.124. The lowest BCUT2D eigenvalue weighted by Gasteiger charge is -2.20. The second-order valence-corrected chi connectivity index (χ2v) is 4.73. The number of hydrogen-bond acceptors (Lipinski definition) is 4. The minimum Gasteiger partial charge on any atom is -0.493 e. The lowest BCUT2D eigenvalue weighted by Crippen LogP contribution is -2.41. The van der Waals surface area contributed by atoms with Gasteiger partial charge in [0.2, 0.25) is 5.91 Å². The standard InChI is InChI=1S/C16H22N2O5/c1-3-18(10-9-15(20)21)14(19)11-17-16(22)12-7-5-6-8-13(12)23-4-2/h5-8H,3-4,9-11H2,1-2H3,(H,17,22)(H,20,21). The molecule has 126 valence electrons. The number of amides is 2. The molecule has 0 aromatic heterocycles. The molecule has 0 bridgehead atoms. The summed E-state index contributed by atoms with van der Waals surface area (Å²) in [5.74, 6) is -1.24. The molecule has 0 spiro atoms. The van der Waals surface area contributed by atoms with Crippen LogP contribution in [0, 0.1) is 0 Å². The lowest BCUT2D eigenvalue weighted by molar-refractivity contribution is -0.138. The Hall–Kier alpha value is -2.57. The summed E-state index contributed by atoms with van der Waals surface area (Å²) in [5.41, 5.74) is 0.357. The molecule has 0 saturated heterocycles. The maximum atomic E-state index is 12.2. The third-order valence-electron chi connectivity index (χ3n) is 3.16. The Labute approximate surface area is 135 Å². The van der Waals surface area contributed by atoms with E-state index in [0.29, 0.717) is 24.5 Å². The number of para-hydroxylation sites is 1. The fourth-order valence-electron chi connectivity index (χ4n) is 1.99. The Bertz CT molecular complexity index is 559. The minimum atomic E-state index is -0.967. The van der Waals surface area contributed by atoms with Gasteiger partial charge in [-0.1, -0.05) is 12.1 Å². The summed E-state index contributed by atoms with van der Waals surface area (Å²) in [6, 6.07) is 6.78. The number of carbonyl (C=O) groups is 3. The van der Waals surface area contributed by atoms with Gasteiger partial charge >= 0.3 is 5.97 Å². The van der Waals surface area contributed by atoms with Gasteiger partial charge in [-0.15, -0.1) is 0 Å². The van der Waals surface area contributed by atoms with Gasteiger partial charge in [-0.05, 0) is 26.0 Å². The van der Waals surface area contributed by atoms with E-state index in [0.717, 1.165) is 0 Å². The molecule has 0 aliphatic rings. The average Bonchev–Trinajstić information content (AvgIpc) is 2.53. The first-order chi connectivity index (χ1) is 11.0. The molecule has 0 unspecified atom stereocenters. The summed E-state index contributed by atoms with van der Waals surface area (Å²) in [4.78, 5) is 36.1. The van der Waals surface area contributed by atoms with Crippen LogP contribution < -0.4 is 10.1 Å². The molecule has 7 nitrogen and oxygen atoms in total. The number of likely N-dealkylation sites (N-methyl/N-ethyl adjacent to an activating group) is 1. The van der Waals surface area contributed by atoms with Gasteiger partial charge in [0.15, 0.2) is 0 Å². The number of aliphatic carboxylic acids is 1. The Kier molecular flexibility index (Phi) is 7.59. The van der Waals surface area contributed by atoms with Crippen molar-refractivity contribution in [2.24, 2.45) is 0 Å². The number of benzene rings is 1. The molecule has 7 heteroatoms. The van der Waals surface area contributed by atoms with Crippen molar-refractivity contribution in [1.82, 2.24) is 10.2 Å². The zero-order chi connectivity index (χ0) is 17.2. The molecule has 0 saturated carbocycles. The van der Waals surface area contributed by atoms with E-state index in [1.54, 1.807) is 31.2 Å². The molecule has 0 fully saturated rings. The highest BCUT2D eigenvalue weighted by Crippen LogP contribution is 2.17. The largest absolute Gasteiger partial charge is 0.493 e. The minimum absolute atomic E-state index is 0.121. The zero-order valence-corrected chi connectivity index (χ0v) is 13.4. The molecule has 1 rings (SSSR count). The summed E-state index contributed by atoms with van der Waals surface area (Å²) < 4.78 is 5.38. The van der Waals surface area contributed by atoms with E-state index < -0.39 is 11.9 Å². The molecule has 2 N–H and O–H groups in total. The molecule has 0 aliphatic carbocycles. The summed E-state index contributed by atoms with van der Waals surface area (Å²) in [6.45, 7) is 4.33. The third-order valence-corrected chi connectivity index (χ3v) is 3.16. The highest BCUT2D eigenvalue weighted by Gasteiger charge is 2.16. The smallest absolute Gasteiger partial charge is 0.305 e. The first kappa shape index (κ1) is 18.5. The fourth-order valence-corrected chi connectivity index (χ4v) is 1.99. The summed E-state index contributed by atoms with van der Waals surface area (Å²) in [7, 11) is 0. The van der Waals surface area contributed by atoms with Crippen LogP contribution in [-0.4, -0.2) is 54.0 Å². The second-order valence-electron chi connectivity index (χ2n) is 4.73. The van der Waals surface area contributed by atoms with Crippen LogP contribution in [-0.2, 0) is 9.59 Å². The molecule has 23 heavy (non-hydrogen) atoms. The van der Waals surface area contributed by atoms with Gasteiger partial charge in [0, 0.05) is 13.1 Å². The number of nitrogens with zero attached hydrogens (tertiary/aromatic N) is 1. The van der Waals surface area contributed by atoms with Crippen LogP contribution in [0.15, 0.2) is 24.3 Å². The highest BCUT2D eigenvalue weighted by atomic mass is 16.5. The molecule has 1 aromatic rings. The number of hydrogen-bond donors (Lipinski definition) is 2. The van der Waals surface area contributed by atoms with Crippen LogP contribution in [0.3, 0.4) is 0 Å². The number of carbonyl (C=O) groups excluding carboxylic acids is 2. The lowest BCUT2D eigenvalue weighted by atomic mass is 10.2. The van der Waals surface area contributed by atoms with Crippen LogP contribution in [0.4, 0.5) is 0 Å². The van der Waals surface area contributed by atoms with Gasteiger partial charge in [0.25, 0.3) is 5.91 Å². The number of ether oxygens (including phenoxy) is 1. The van der Waals surface area contributed by atoms with E-state index in [-0.39, 0.29) is 25.4 Å². The molecule has 0 aliphatic heterocycles. The number of rotatable bonds is 9. The summed E-state index contributed by atoms with van der Waals surface area (Å²) >= 11 is 0. The highest BCUT2D eigenvalue weighted by molar-refractivity contribution is 5.98. The zero-order valence-electron chi connectivity index (χ0n) is 13.4. The Morgan fingerprint density at radius 2 is 1.91 bits per heavy atom. The second kappa shape index (κ2) is 9.45. The molecular formula is C16H22N2O5. The van der Waals surface area contributed by atoms with Crippen LogP contribution >= 0.6 is 0 Å². The van der Waals surface area contributed by atoms with Crippen molar-refractivity contribution in [3.63, 3.8) is 0 Å². The Balaban J connectivity index is 2.61. The Morgan fingerprint density at radius 1 is 1.22 bits per heavy atom. The predicted molar refractivity (Wildman–Crippen MR) is 84.5 cm³/mol. The van der Waals surface area contributed by atoms with E-state index in [4.69, 9.17) is 9.84 Å². The molecule has 1 aromatic carbocycles. The molecular weight excluding hydrogens is 300 g/mol. The molecule has 0 radical (unpaired) electrons. The van der Waals surface area contributed by atoms with Crippen molar-refractivity contribution < 1.29 is 24.2 Å². The monoisotopic (exact) mass is 322 g/mol. The van der Waals surface area contributed by atoms with E-state index in [9.17, 15) is 14.4 Å². The normalized spacial score (nSPS) is 10.0. The van der Waals surface area contributed by atoms with Crippen molar-refractivity contribution >= 4 is 17.8 Å². The number of carboxylic acid groups (broad SMARTS) is 1. The maximum absolute atomic E-state index is 12.2. The van der Waals surface area contributed by atoms with Crippen molar-refractivity contribution in [1.29, 1.82) is 0 Å². The van der Waals surface area contributed by atoms with Gasteiger partial charge in [0.05, 0.1) is 25.1 Å². The van der Waals surface area contributed by atoms with Crippen molar-refractivity contribution in [2.45, 2.75) is 20.3 Å². The third kappa shape index (κ3) is 5.98. The molecule has 2 amide bonds. The van der Waals surface area contributed by atoms with Gasteiger partial charge < -0.3 is 20.1 Å². The molecule has 0 heterocycles. The van der Waals surface area contributed by atoms with Crippen LogP contribution in [0.1, 0.15) is 30.6 Å². The van der Waals surface area contributed by atoms with Gasteiger partial charge in [-0.2, -0.15) is 0 Å². The van der Waals surface area contributed by atoms with Gasteiger partial charge in [-0.25, -0.2) is 0 Å². The van der Waals surface area contributed by atoms with Crippen LogP contribution in [0.25, 0.3) is 0 Å². The van der Waals surface area contributed by atoms with Gasteiger partial charge in [-0.3, -0.25) is 14.4 Å². The van der Waals surface area contributed by atoms with Crippen LogP contribution in [0.5, 0.6) is 5.75 Å². The number of nitrogens with one attached hydrogen (secondary N) is 1. The van der Waals surface area contributed by atoms with Crippen molar-refractivity contribution in [3.8, 4) is 5.75 Å².